The van der Waals surface area contributed by atoms with Gasteiger partial charge in [0.25, 0.3) is 11.8 Å². The van der Waals surface area contributed by atoms with E-state index in [2.05, 4.69) is 10.6 Å². The molecule has 0 spiro atoms. The van der Waals surface area contributed by atoms with Crippen LogP contribution in [0.3, 0.4) is 0 Å². The minimum absolute atomic E-state index is 0.00173. The first-order valence-corrected chi connectivity index (χ1v) is 14.8. The number of halogens is 2. The van der Waals surface area contributed by atoms with E-state index in [1.54, 1.807) is 72.8 Å². The molecule has 7 nitrogen and oxygen atoms in total. The second-order valence-electron chi connectivity index (χ2n) is 8.85. The van der Waals surface area contributed by atoms with Crippen molar-refractivity contribution in [2.24, 2.45) is 0 Å². The Labute approximate surface area is 254 Å². The van der Waals surface area contributed by atoms with Crippen molar-refractivity contribution in [2.75, 3.05) is 10.2 Å². The van der Waals surface area contributed by atoms with E-state index in [1.165, 1.54) is 29.2 Å². The third-order valence-corrected chi connectivity index (χ3v) is 8.52. The summed E-state index contributed by atoms with van der Waals surface area (Å²) in [5.74, 6) is -1.68. The largest absolute Gasteiger partial charge is 0.321 e. The van der Waals surface area contributed by atoms with Gasteiger partial charge in [0.1, 0.15) is 5.70 Å². The van der Waals surface area contributed by atoms with E-state index in [9.17, 15) is 19.2 Å². The summed E-state index contributed by atoms with van der Waals surface area (Å²) in [4.78, 5) is 54.5. The number of anilines is 2. The summed E-state index contributed by atoms with van der Waals surface area (Å²) in [7, 11) is 0. The average molecular weight is 623 g/mol. The zero-order valence-corrected chi connectivity index (χ0v) is 24.3. The Hall–Kier alpha value is -3.89. The second-order valence-corrected chi connectivity index (χ2v) is 11.9. The molecule has 0 bridgehead atoms. The van der Waals surface area contributed by atoms with Crippen LogP contribution in [-0.2, 0) is 14.4 Å². The van der Waals surface area contributed by atoms with Crippen molar-refractivity contribution in [3.05, 3.63) is 116 Å². The van der Waals surface area contributed by atoms with E-state index < -0.39 is 17.1 Å². The smallest absolute Gasteiger partial charge is 0.272 e. The van der Waals surface area contributed by atoms with Gasteiger partial charge in [0, 0.05) is 32.5 Å². The van der Waals surface area contributed by atoms with Crippen molar-refractivity contribution in [1.29, 1.82) is 0 Å². The number of imide groups is 1. The number of hydrogen-bond donors (Lipinski definition) is 2. The summed E-state index contributed by atoms with van der Waals surface area (Å²) in [6.07, 6.45) is 1.61. The number of thioether (sulfide) groups is 1. The predicted molar refractivity (Wildman–Crippen MR) is 164 cm³/mol. The Morgan fingerprint density at radius 2 is 1.76 bits per heavy atom. The quantitative estimate of drug-likeness (QED) is 0.165. The van der Waals surface area contributed by atoms with Crippen molar-refractivity contribution in [3.63, 3.8) is 0 Å². The highest BCUT2D eigenvalue weighted by atomic mass is 35.5. The monoisotopic (exact) mass is 621 g/mol. The van der Waals surface area contributed by atoms with Crippen LogP contribution in [0.2, 0.25) is 10.0 Å². The van der Waals surface area contributed by atoms with Gasteiger partial charge in [-0.15, -0.1) is 23.1 Å². The van der Waals surface area contributed by atoms with Gasteiger partial charge in [-0.25, -0.2) is 4.90 Å². The molecule has 11 heteroatoms. The molecule has 0 aliphatic carbocycles. The molecular formula is C30H21Cl2N3O4S2. The molecule has 1 aliphatic rings. The number of amides is 4. The number of nitrogens with one attached hydrogen (secondary N) is 2. The third kappa shape index (κ3) is 6.89. The number of rotatable bonds is 8. The lowest BCUT2D eigenvalue weighted by Gasteiger charge is -2.16. The van der Waals surface area contributed by atoms with Gasteiger partial charge in [0.2, 0.25) is 11.8 Å². The zero-order chi connectivity index (χ0) is 28.9. The van der Waals surface area contributed by atoms with Crippen LogP contribution in [0.5, 0.6) is 0 Å². The van der Waals surface area contributed by atoms with E-state index >= 15 is 0 Å². The molecular weight excluding hydrogens is 601 g/mol. The van der Waals surface area contributed by atoms with Gasteiger partial charge in [-0.2, -0.15) is 0 Å². The molecule has 5 rings (SSSR count). The normalized spacial score (nSPS) is 15.2. The minimum Gasteiger partial charge on any atom is -0.321 e. The van der Waals surface area contributed by atoms with Crippen LogP contribution in [0.15, 0.2) is 101 Å². The Kier molecular flexibility index (Phi) is 8.90. The molecule has 1 aromatic heterocycles. The summed E-state index contributed by atoms with van der Waals surface area (Å²) >= 11 is 14.9. The fourth-order valence-corrected chi connectivity index (χ4v) is 6.34. The summed E-state index contributed by atoms with van der Waals surface area (Å²) in [6, 6.07) is 23.8. The van der Waals surface area contributed by atoms with Crippen molar-refractivity contribution >= 4 is 87.4 Å². The van der Waals surface area contributed by atoms with Crippen LogP contribution in [0.4, 0.5) is 11.4 Å². The SMILES string of the molecule is O=C(Nc1cccc(SC2CC(=O)N(c3ccc(Cl)cc3Cl)C2=O)c1)C(=Cc1cccs1)NC(=O)c1ccccc1. The molecule has 206 valence electrons. The van der Waals surface area contributed by atoms with Crippen LogP contribution in [0.25, 0.3) is 6.08 Å². The fraction of sp³-hybridized carbons (Fsp3) is 0.0667. The maximum absolute atomic E-state index is 13.3. The molecule has 2 heterocycles. The predicted octanol–water partition coefficient (Wildman–Crippen LogP) is 6.89. The molecule has 1 unspecified atom stereocenters. The Balaban J connectivity index is 1.31. The summed E-state index contributed by atoms with van der Waals surface area (Å²) in [6.45, 7) is 0. The van der Waals surface area contributed by atoms with Crippen LogP contribution >= 0.6 is 46.3 Å². The highest BCUT2D eigenvalue weighted by Crippen LogP contribution is 2.38. The minimum atomic E-state index is -0.667. The van der Waals surface area contributed by atoms with E-state index in [0.717, 1.165) is 9.78 Å². The van der Waals surface area contributed by atoms with Crippen LogP contribution < -0.4 is 15.5 Å². The third-order valence-electron chi connectivity index (χ3n) is 5.98. The molecule has 0 saturated carbocycles. The van der Waals surface area contributed by atoms with Gasteiger partial charge >= 0.3 is 0 Å². The van der Waals surface area contributed by atoms with Gasteiger partial charge in [0.05, 0.1) is 16.0 Å². The molecule has 2 N–H and O–H groups in total. The van der Waals surface area contributed by atoms with Gasteiger partial charge in [-0.3, -0.25) is 19.2 Å². The molecule has 1 aliphatic heterocycles. The van der Waals surface area contributed by atoms with Gasteiger partial charge in [-0.05, 0) is 66.1 Å². The van der Waals surface area contributed by atoms with Gasteiger partial charge in [0.15, 0.2) is 0 Å². The maximum atomic E-state index is 13.3. The van der Waals surface area contributed by atoms with Crippen LogP contribution in [0, 0.1) is 0 Å². The van der Waals surface area contributed by atoms with Crippen molar-refractivity contribution in [1.82, 2.24) is 5.32 Å². The number of carbonyl (C=O) groups excluding carboxylic acids is 4. The molecule has 1 fully saturated rings. The summed E-state index contributed by atoms with van der Waals surface area (Å²) in [5.41, 5.74) is 1.24. The zero-order valence-electron chi connectivity index (χ0n) is 21.2. The molecule has 1 atom stereocenters. The van der Waals surface area contributed by atoms with E-state index in [0.29, 0.717) is 21.2 Å². The standard InChI is InChI=1S/C30H21Cl2N3O4S2/c31-19-11-12-25(23(32)14-19)35-27(36)17-26(30(35)39)41-22-9-4-8-20(15-22)33-29(38)24(16-21-10-5-13-40-21)34-28(37)18-6-2-1-3-7-18/h1-16,26H,17H2,(H,33,38)(H,34,37). The van der Waals surface area contributed by atoms with Gasteiger partial charge in [-0.1, -0.05) is 53.5 Å². The summed E-state index contributed by atoms with van der Waals surface area (Å²) < 4.78 is 0. The lowest BCUT2D eigenvalue weighted by atomic mass is 10.2. The molecule has 0 radical (unpaired) electrons. The molecule has 3 aromatic carbocycles. The lowest BCUT2D eigenvalue weighted by molar-refractivity contribution is -0.121. The van der Waals surface area contributed by atoms with Gasteiger partial charge < -0.3 is 10.6 Å². The van der Waals surface area contributed by atoms with Crippen molar-refractivity contribution < 1.29 is 19.2 Å². The molecule has 4 amide bonds. The lowest BCUT2D eigenvalue weighted by Crippen LogP contribution is -2.31. The number of nitrogens with zero attached hydrogens (tertiary/aromatic N) is 1. The Morgan fingerprint density at radius 3 is 2.49 bits per heavy atom. The van der Waals surface area contributed by atoms with Crippen molar-refractivity contribution in [2.45, 2.75) is 16.6 Å². The number of hydrogen-bond acceptors (Lipinski definition) is 6. The van der Waals surface area contributed by atoms with E-state index in [-0.39, 0.29) is 34.6 Å². The summed E-state index contributed by atoms with van der Waals surface area (Å²) in [5, 5.41) is 7.34. The highest BCUT2D eigenvalue weighted by molar-refractivity contribution is 8.00. The first kappa shape index (κ1) is 28.6. The van der Waals surface area contributed by atoms with E-state index in [1.807, 2.05) is 17.5 Å². The maximum Gasteiger partial charge on any atom is 0.272 e. The fourth-order valence-electron chi connectivity index (χ4n) is 4.08. The molecule has 1 saturated heterocycles. The highest BCUT2D eigenvalue weighted by Gasteiger charge is 2.41. The topological polar surface area (TPSA) is 95.6 Å². The number of thiophene rings is 1. The van der Waals surface area contributed by atoms with E-state index in [4.69, 9.17) is 23.2 Å². The molecule has 41 heavy (non-hydrogen) atoms. The number of carbonyl (C=O) groups is 4. The first-order valence-electron chi connectivity index (χ1n) is 12.3. The first-order chi connectivity index (χ1) is 19.8. The number of benzene rings is 3. The second kappa shape index (κ2) is 12.7. The van der Waals surface area contributed by atoms with Crippen molar-refractivity contribution in [3.8, 4) is 0 Å². The Morgan fingerprint density at radius 1 is 0.951 bits per heavy atom. The van der Waals surface area contributed by atoms with Crippen LogP contribution in [0.1, 0.15) is 21.7 Å². The van der Waals surface area contributed by atoms with Crippen LogP contribution in [-0.4, -0.2) is 28.9 Å². The molecule has 4 aromatic rings. The Bertz CT molecular complexity index is 1660. The average Bonchev–Trinajstić information content (AvgIpc) is 3.56.